The molecule has 9 heavy (non-hydrogen) atoms. The molecular formula is C7H11N2+. The monoisotopic (exact) mass is 123 g/mol. The summed E-state index contributed by atoms with van der Waals surface area (Å²) in [5.41, 5.74) is 0. The highest BCUT2D eigenvalue weighted by atomic mass is 15.3. The van der Waals surface area contributed by atoms with Crippen LogP contribution in [0, 0.1) is 12.3 Å². The van der Waals surface area contributed by atoms with E-state index in [0.717, 1.165) is 18.9 Å². The molecule has 0 saturated heterocycles. The summed E-state index contributed by atoms with van der Waals surface area (Å²) in [6, 6.07) is 0. The third kappa shape index (κ3) is 0.904. The average molecular weight is 123 g/mol. The summed E-state index contributed by atoms with van der Waals surface area (Å²) < 4.78 is 2.08. The first-order valence-electron chi connectivity index (χ1n) is 3.01. The molecular weight excluding hydrogens is 112 g/mol. The minimum absolute atomic E-state index is 0.995. The second-order valence-electron chi connectivity index (χ2n) is 2.31. The van der Waals surface area contributed by atoms with Crippen LogP contribution in [0.1, 0.15) is 0 Å². The maximum absolute atomic E-state index is 5.24. The van der Waals surface area contributed by atoms with Gasteiger partial charge < -0.3 is 0 Å². The smallest absolute Gasteiger partial charge is 0.253 e. The van der Waals surface area contributed by atoms with Crippen LogP contribution >= 0.6 is 0 Å². The molecule has 0 saturated carbocycles. The van der Waals surface area contributed by atoms with Gasteiger partial charge in [-0.05, 0) is 0 Å². The van der Waals surface area contributed by atoms with Gasteiger partial charge in [-0.1, -0.05) is 0 Å². The van der Waals surface area contributed by atoms with E-state index in [-0.39, 0.29) is 0 Å². The highest BCUT2D eigenvalue weighted by molar-refractivity contribution is 5.94. The molecule has 0 N–H and O–H groups in total. The topological polar surface area (TPSA) is 6.25 Å². The number of hydrogen-bond acceptors (Lipinski definition) is 1. The summed E-state index contributed by atoms with van der Waals surface area (Å²) in [5, 5.41) is 0. The van der Waals surface area contributed by atoms with Gasteiger partial charge in [-0.15, -0.1) is 6.42 Å². The van der Waals surface area contributed by atoms with Crippen molar-refractivity contribution in [2.24, 2.45) is 0 Å². The Labute approximate surface area is 55.8 Å². The maximum atomic E-state index is 5.24. The molecule has 1 aliphatic heterocycles. The van der Waals surface area contributed by atoms with Gasteiger partial charge in [0.1, 0.15) is 13.1 Å². The van der Waals surface area contributed by atoms with Gasteiger partial charge in [-0.25, -0.2) is 0 Å². The molecule has 0 aliphatic carbocycles. The molecule has 2 heteroatoms. The van der Waals surface area contributed by atoms with Crippen LogP contribution in [-0.4, -0.2) is 42.5 Å². The van der Waals surface area contributed by atoms with Gasteiger partial charge >= 0.3 is 5.84 Å². The molecule has 0 bridgehead atoms. The average Bonchev–Trinajstić information content (AvgIpc) is 2.12. The van der Waals surface area contributed by atoms with Gasteiger partial charge in [0.2, 0.25) is 0 Å². The van der Waals surface area contributed by atoms with E-state index in [1.807, 2.05) is 14.1 Å². The van der Waals surface area contributed by atoms with Crippen molar-refractivity contribution in [2.75, 3.05) is 27.2 Å². The summed E-state index contributed by atoms with van der Waals surface area (Å²) >= 11 is 0. The minimum atomic E-state index is 0.995. The molecule has 1 rings (SSSR count). The molecule has 0 aromatic rings. The quantitative estimate of drug-likeness (QED) is 0.314. The number of nitrogens with zero attached hydrogens (tertiary/aromatic N) is 2. The fourth-order valence-electron chi connectivity index (χ4n) is 1.02. The van der Waals surface area contributed by atoms with Crippen LogP contribution in [0.5, 0.6) is 0 Å². The van der Waals surface area contributed by atoms with Crippen molar-refractivity contribution in [1.82, 2.24) is 4.90 Å². The third-order valence-corrected chi connectivity index (χ3v) is 1.62. The van der Waals surface area contributed by atoms with Crippen molar-refractivity contribution in [2.45, 2.75) is 0 Å². The first kappa shape index (κ1) is 6.15. The Morgan fingerprint density at radius 3 is 2.67 bits per heavy atom. The lowest BCUT2D eigenvalue weighted by molar-refractivity contribution is -0.485. The van der Waals surface area contributed by atoms with Crippen molar-refractivity contribution < 1.29 is 4.58 Å². The second kappa shape index (κ2) is 2.10. The Morgan fingerprint density at radius 1 is 1.78 bits per heavy atom. The zero-order valence-electron chi connectivity index (χ0n) is 5.89. The van der Waals surface area contributed by atoms with E-state index in [1.165, 1.54) is 0 Å². The van der Waals surface area contributed by atoms with Crippen LogP contribution in [0.25, 0.3) is 0 Å². The molecule has 0 atom stereocenters. The molecule has 0 spiro atoms. The standard InChI is InChI=1S/C7H11N2/c1-4-7-8(2)5-6-9(7)3/h1H,5-6H2,2-3H3/q+1. The van der Waals surface area contributed by atoms with E-state index in [2.05, 4.69) is 15.4 Å². The lowest BCUT2D eigenvalue weighted by Gasteiger charge is -1.97. The van der Waals surface area contributed by atoms with Crippen molar-refractivity contribution >= 4 is 5.84 Å². The summed E-state index contributed by atoms with van der Waals surface area (Å²) in [6.45, 7) is 2.10. The zero-order chi connectivity index (χ0) is 6.85. The molecule has 1 aliphatic rings. The van der Waals surface area contributed by atoms with Crippen LogP contribution in [0.2, 0.25) is 0 Å². The Morgan fingerprint density at radius 2 is 2.44 bits per heavy atom. The van der Waals surface area contributed by atoms with Gasteiger partial charge in [-0.2, -0.15) is 0 Å². The van der Waals surface area contributed by atoms with Gasteiger partial charge in [-0.3, -0.25) is 9.48 Å². The molecule has 0 amide bonds. The fraction of sp³-hybridized carbons (Fsp3) is 0.571. The van der Waals surface area contributed by atoms with Gasteiger partial charge in [0.05, 0.1) is 14.1 Å². The zero-order valence-corrected chi connectivity index (χ0v) is 5.89. The molecule has 0 fully saturated rings. The Balaban J connectivity index is 2.85. The normalized spacial score (nSPS) is 18.6. The summed E-state index contributed by atoms with van der Waals surface area (Å²) in [5.74, 6) is 3.63. The van der Waals surface area contributed by atoms with E-state index in [9.17, 15) is 0 Å². The minimum Gasteiger partial charge on any atom is -0.253 e. The number of hydrogen-bond donors (Lipinski definition) is 0. The highest BCUT2D eigenvalue weighted by Crippen LogP contribution is 1.93. The van der Waals surface area contributed by atoms with E-state index in [1.54, 1.807) is 0 Å². The molecule has 0 radical (unpaired) electrons. The Hall–Kier alpha value is -0.970. The number of likely N-dealkylation sites (N-methyl/N-ethyl adjacent to an activating group) is 2. The largest absolute Gasteiger partial charge is 0.325 e. The lowest BCUT2D eigenvalue weighted by Crippen LogP contribution is -2.22. The van der Waals surface area contributed by atoms with E-state index < -0.39 is 0 Å². The number of terminal acetylenes is 1. The highest BCUT2D eigenvalue weighted by Gasteiger charge is 2.21. The number of rotatable bonds is 0. The maximum Gasteiger partial charge on any atom is 0.325 e. The molecule has 0 unspecified atom stereocenters. The molecule has 2 nitrogen and oxygen atoms in total. The van der Waals surface area contributed by atoms with Crippen molar-refractivity contribution in [3.8, 4) is 12.3 Å². The van der Waals surface area contributed by atoms with Gasteiger partial charge in [0.15, 0.2) is 0 Å². The first-order valence-corrected chi connectivity index (χ1v) is 3.01. The third-order valence-electron chi connectivity index (χ3n) is 1.62. The molecule has 48 valence electrons. The number of amidine groups is 1. The van der Waals surface area contributed by atoms with Crippen LogP contribution in [0.15, 0.2) is 0 Å². The van der Waals surface area contributed by atoms with Crippen LogP contribution in [0.4, 0.5) is 0 Å². The predicted molar refractivity (Wildman–Crippen MR) is 37.5 cm³/mol. The molecule has 0 aromatic heterocycles. The SMILES string of the molecule is C#CC1=[N+](C)CCN1C. The Bertz CT molecular complexity index is 186. The second-order valence-corrected chi connectivity index (χ2v) is 2.31. The van der Waals surface area contributed by atoms with Crippen molar-refractivity contribution in [1.29, 1.82) is 0 Å². The van der Waals surface area contributed by atoms with Crippen LogP contribution in [-0.2, 0) is 0 Å². The van der Waals surface area contributed by atoms with E-state index in [4.69, 9.17) is 6.42 Å². The lowest BCUT2D eigenvalue weighted by atomic mass is 10.5. The fourth-order valence-corrected chi connectivity index (χ4v) is 1.02. The summed E-state index contributed by atoms with van der Waals surface area (Å²) in [6.07, 6.45) is 5.24. The van der Waals surface area contributed by atoms with Crippen molar-refractivity contribution in [3.63, 3.8) is 0 Å². The molecule has 0 aromatic carbocycles. The predicted octanol–water partition coefficient (Wildman–Crippen LogP) is -0.394. The first-order chi connectivity index (χ1) is 4.25. The van der Waals surface area contributed by atoms with Crippen LogP contribution < -0.4 is 0 Å². The summed E-state index contributed by atoms with van der Waals surface area (Å²) in [7, 11) is 4.03. The van der Waals surface area contributed by atoms with E-state index >= 15 is 0 Å². The van der Waals surface area contributed by atoms with Gasteiger partial charge in [0, 0.05) is 5.92 Å². The summed E-state index contributed by atoms with van der Waals surface area (Å²) in [4.78, 5) is 2.08. The van der Waals surface area contributed by atoms with Crippen molar-refractivity contribution in [3.05, 3.63) is 0 Å². The van der Waals surface area contributed by atoms with Gasteiger partial charge in [0.25, 0.3) is 0 Å². The van der Waals surface area contributed by atoms with Crippen LogP contribution in [0.3, 0.4) is 0 Å². The Kier molecular flexibility index (Phi) is 1.44. The molecule has 1 heterocycles. The van der Waals surface area contributed by atoms with E-state index in [0.29, 0.717) is 0 Å².